The lowest BCUT2D eigenvalue weighted by molar-refractivity contribution is 1.64. The van der Waals surface area contributed by atoms with Gasteiger partial charge in [-0.3, -0.25) is 0 Å². The summed E-state index contributed by atoms with van der Waals surface area (Å²) in [7, 11) is 0. The van der Waals surface area contributed by atoms with Crippen LogP contribution in [-0.2, 0) is 0 Å². The molecular formula is C26H16. The lowest BCUT2D eigenvalue weighted by Gasteiger charge is -2.08. The first-order chi connectivity index (χ1) is 12.9. The van der Waals surface area contributed by atoms with Crippen LogP contribution in [0.2, 0.25) is 0 Å². The molecule has 0 N–H and O–H groups in total. The van der Waals surface area contributed by atoms with Gasteiger partial charge in [-0.1, -0.05) is 90.7 Å². The molecule has 0 nitrogen and oxygen atoms in total. The molecule has 0 aliphatic heterocycles. The molecule has 0 aromatic heterocycles. The summed E-state index contributed by atoms with van der Waals surface area (Å²) in [5, 5.41) is 7.62. The third kappa shape index (κ3) is 2.42. The van der Waals surface area contributed by atoms with Gasteiger partial charge in [-0.25, -0.2) is 0 Å². The smallest absolute Gasteiger partial charge is 0.0327 e. The van der Waals surface area contributed by atoms with E-state index in [0.717, 1.165) is 11.1 Å². The first-order valence-corrected chi connectivity index (χ1v) is 8.80. The van der Waals surface area contributed by atoms with E-state index in [9.17, 15) is 0 Å². The molecule has 0 aliphatic carbocycles. The van der Waals surface area contributed by atoms with Crippen molar-refractivity contribution in [3.05, 3.63) is 108 Å². The van der Waals surface area contributed by atoms with E-state index in [-0.39, 0.29) is 0 Å². The summed E-state index contributed by atoms with van der Waals surface area (Å²) in [5.41, 5.74) is 2.11. The Labute approximate surface area is 152 Å². The van der Waals surface area contributed by atoms with E-state index in [1.807, 2.05) is 30.3 Å². The molecule has 0 bridgehead atoms. The molecule has 0 saturated heterocycles. The molecule has 5 aromatic carbocycles. The van der Waals surface area contributed by atoms with E-state index in [1.54, 1.807) is 0 Å². The van der Waals surface area contributed by atoms with Crippen molar-refractivity contribution in [3.8, 4) is 11.8 Å². The van der Waals surface area contributed by atoms with Gasteiger partial charge < -0.3 is 0 Å². The molecule has 26 heavy (non-hydrogen) atoms. The fourth-order valence-electron chi connectivity index (χ4n) is 3.63. The maximum Gasteiger partial charge on any atom is 0.0327 e. The molecule has 0 saturated carbocycles. The van der Waals surface area contributed by atoms with E-state index >= 15 is 0 Å². The molecule has 0 atom stereocenters. The van der Waals surface area contributed by atoms with Crippen molar-refractivity contribution < 1.29 is 0 Å². The fourth-order valence-corrected chi connectivity index (χ4v) is 3.63. The Morgan fingerprint density at radius 2 is 1.04 bits per heavy atom. The van der Waals surface area contributed by atoms with Gasteiger partial charge in [-0.15, -0.1) is 0 Å². The molecule has 0 fully saturated rings. The molecule has 0 spiro atoms. The summed E-state index contributed by atoms with van der Waals surface area (Å²) < 4.78 is 0. The maximum atomic E-state index is 3.36. The minimum absolute atomic E-state index is 1.04. The fraction of sp³-hybridized carbons (Fsp3) is 0. The second kappa shape index (κ2) is 6.06. The van der Waals surface area contributed by atoms with E-state index < -0.39 is 0 Å². The molecule has 5 rings (SSSR count). The number of rotatable bonds is 0. The third-order valence-corrected chi connectivity index (χ3v) is 4.90. The van der Waals surface area contributed by atoms with Gasteiger partial charge in [0.25, 0.3) is 0 Å². The Morgan fingerprint density at radius 1 is 0.385 bits per heavy atom. The minimum Gasteiger partial charge on any atom is -0.0622 e. The number of hydrogen-bond donors (Lipinski definition) is 0. The SMILES string of the molecule is C(#Cc1cccc2c1ccc1c3ccccc3ccc21)c1ccccc1. The zero-order valence-electron chi connectivity index (χ0n) is 14.2. The molecule has 0 heterocycles. The van der Waals surface area contributed by atoms with Crippen molar-refractivity contribution >= 4 is 32.3 Å². The quantitative estimate of drug-likeness (QED) is 0.223. The van der Waals surface area contributed by atoms with Crippen LogP contribution < -0.4 is 0 Å². The van der Waals surface area contributed by atoms with Gasteiger partial charge in [0.15, 0.2) is 0 Å². The summed E-state index contributed by atoms with van der Waals surface area (Å²) in [4.78, 5) is 0. The highest BCUT2D eigenvalue weighted by atomic mass is 14.1. The van der Waals surface area contributed by atoms with Crippen molar-refractivity contribution in [1.29, 1.82) is 0 Å². The zero-order valence-corrected chi connectivity index (χ0v) is 14.2. The largest absolute Gasteiger partial charge is 0.0622 e. The first-order valence-electron chi connectivity index (χ1n) is 8.80. The van der Waals surface area contributed by atoms with Crippen molar-refractivity contribution in [2.45, 2.75) is 0 Å². The maximum absolute atomic E-state index is 3.36. The summed E-state index contributed by atoms with van der Waals surface area (Å²) in [5.74, 6) is 6.64. The Morgan fingerprint density at radius 3 is 1.96 bits per heavy atom. The Hall–Kier alpha value is -3.56. The molecule has 120 valence electrons. The molecule has 5 aromatic rings. The minimum atomic E-state index is 1.04. The van der Waals surface area contributed by atoms with Gasteiger partial charge >= 0.3 is 0 Å². The van der Waals surface area contributed by atoms with Crippen LogP contribution in [0.1, 0.15) is 11.1 Å². The van der Waals surface area contributed by atoms with Crippen LogP contribution in [0.5, 0.6) is 0 Å². The van der Waals surface area contributed by atoms with Gasteiger partial charge in [0.05, 0.1) is 0 Å². The average molecular weight is 328 g/mol. The molecule has 0 aliphatic rings. The summed E-state index contributed by atoms with van der Waals surface area (Å²) in [6, 6.07) is 34.0. The normalized spacial score (nSPS) is 10.8. The van der Waals surface area contributed by atoms with Crippen molar-refractivity contribution in [3.63, 3.8) is 0 Å². The van der Waals surface area contributed by atoms with Crippen molar-refractivity contribution in [2.75, 3.05) is 0 Å². The Kier molecular flexibility index (Phi) is 3.44. The standard InChI is InChI=1S/C26H16/c1-2-7-19(8-3-1)13-14-21-10-6-12-24-23(21)17-18-25-22-11-5-4-9-20(22)15-16-26(24)25/h1-12,15-18H. The second-order valence-corrected chi connectivity index (χ2v) is 6.46. The summed E-state index contributed by atoms with van der Waals surface area (Å²) in [6.07, 6.45) is 0. The molecular weight excluding hydrogens is 312 g/mol. The van der Waals surface area contributed by atoms with E-state index in [4.69, 9.17) is 0 Å². The van der Waals surface area contributed by atoms with E-state index in [1.165, 1.54) is 32.3 Å². The van der Waals surface area contributed by atoms with Crippen LogP contribution in [0.4, 0.5) is 0 Å². The average Bonchev–Trinajstić information content (AvgIpc) is 2.72. The van der Waals surface area contributed by atoms with Crippen molar-refractivity contribution in [1.82, 2.24) is 0 Å². The number of fused-ring (bicyclic) bond motifs is 5. The van der Waals surface area contributed by atoms with Crippen LogP contribution >= 0.6 is 0 Å². The van der Waals surface area contributed by atoms with E-state index in [2.05, 4.69) is 78.6 Å². The Balaban J connectivity index is 1.76. The highest BCUT2D eigenvalue weighted by Crippen LogP contribution is 2.32. The molecule has 0 radical (unpaired) electrons. The number of hydrogen-bond acceptors (Lipinski definition) is 0. The lowest BCUT2D eigenvalue weighted by atomic mass is 9.95. The number of benzene rings is 5. The molecule has 0 unspecified atom stereocenters. The molecule has 0 heteroatoms. The highest BCUT2D eigenvalue weighted by molar-refractivity contribution is 6.17. The van der Waals surface area contributed by atoms with Gasteiger partial charge in [0.2, 0.25) is 0 Å². The van der Waals surface area contributed by atoms with Crippen molar-refractivity contribution in [2.24, 2.45) is 0 Å². The predicted octanol–water partition coefficient (Wildman–Crippen LogP) is 6.55. The zero-order chi connectivity index (χ0) is 17.3. The molecule has 0 amide bonds. The van der Waals surface area contributed by atoms with Crippen LogP contribution in [0, 0.1) is 11.8 Å². The second-order valence-electron chi connectivity index (χ2n) is 6.46. The summed E-state index contributed by atoms with van der Waals surface area (Å²) >= 11 is 0. The van der Waals surface area contributed by atoms with Crippen LogP contribution in [0.3, 0.4) is 0 Å². The highest BCUT2D eigenvalue weighted by Gasteiger charge is 2.06. The third-order valence-electron chi connectivity index (χ3n) is 4.90. The van der Waals surface area contributed by atoms with Gasteiger partial charge in [0, 0.05) is 11.1 Å². The van der Waals surface area contributed by atoms with Gasteiger partial charge in [-0.05, 0) is 50.5 Å². The van der Waals surface area contributed by atoms with Gasteiger partial charge in [0.1, 0.15) is 0 Å². The summed E-state index contributed by atoms with van der Waals surface area (Å²) in [6.45, 7) is 0. The topological polar surface area (TPSA) is 0 Å². The monoisotopic (exact) mass is 328 g/mol. The van der Waals surface area contributed by atoms with Crippen LogP contribution in [0.25, 0.3) is 32.3 Å². The Bertz CT molecular complexity index is 1320. The predicted molar refractivity (Wildman–Crippen MR) is 111 cm³/mol. The van der Waals surface area contributed by atoms with E-state index in [0.29, 0.717) is 0 Å². The first kappa shape index (κ1) is 14.8. The lowest BCUT2D eigenvalue weighted by Crippen LogP contribution is -1.84. The van der Waals surface area contributed by atoms with Crippen LogP contribution in [0.15, 0.2) is 97.1 Å². The van der Waals surface area contributed by atoms with Gasteiger partial charge in [-0.2, -0.15) is 0 Å². The van der Waals surface area contributed by atoms with Crippen LogP contribution in [-0.4, -0.2) is 0 Å².